The fourth-order valence-corrected chi connectivity index (χ4v) is 5.55. The first-order chi connectivity index (χ1) is 16.3. The second kappa shape index (κ2) is 12.3. The zero-order chi connectivity index (χ0) is 26.3. The molecule has 0 bridgehead atoms. The summed E-state index contributed by atoms with van der Waals surface area (Å²) in [5.41, 5.74) is 3.28. The summed E-state index contributed by atoms with van der Waals surface area (Å²) in [6.45, 7) is 4.35. The van der Waals surface area contributed by atoms with Crippen LogP contribution in [0.5, 0.6) is 5.75 Å². The van der Waals surface area contributed by atoms with Crippen molar-refractivity contribution in [1.82, 2.24) is 14.1 Å². The van der Waals surface area contributed by atoms with Crippen LogP contribution in [0.4, 0.5) is 0 Å². The molecule has 8 nitrogen and oxygen atoms in total. The van der Waals surface area contributed by atoms with Gasteiger partial charge in [0, 0.05) is 40.0 Å². The van der Waals surface area contributed by atoms with Crippen molar-refractivity contribution in [1.29, 1.82) is 0 Å². The number of benzene rings is 2. The minimum absolute atomic E-state index is 0.0235. The summed E-state index contributed by atoms with van der Waals surface area (Å²) < 4.78 is 32.5. The molecule has 0 unspecified atom stereocenters. The Bertz CT molecular complexity index is 1140. The van der Waals surface area contributed by atoms with Crippen molar-refractivity contribution in [3.05, 3.63) is 58.7 Å². The molecule has 0 fully saturated rings. The Morgan fingerprint density at radius 3 is 2.00 bits per heavy atom. The Hall–Kier alpha value is -2.75. The Balaban J connectivity index is 1.95. The van der Waals surface area contributed by atoms with Crippen LogP contribution >= 0.6 is 0 Å². The summed E-state index contributed by atoms with van der Waals surface area (Å²) in [5.74, 6) is 0.100. The third-order valence-corrected chi connectivity index (χ3v) is 7.80. The van der Waals surface area contributed by atoms with Gasteiger partial charge in [-0.3, -0.25) is 9.59 Å². The number of ether oxygens (including phenoxy) is 1. The van der Waals surface area contributed by atoms with E-state index in [0.717, 1.165) is 22.0 Å². The van der Waals surface area contributed by atoms with E-state index in [1.165, 1.54) is 14.2 Å². The third-order valence-electron chi connectivity index (χ3n) is 5.69. The lowest BCUT2D eigenvalue weighted by Crippen LogP contribution is -2.34. The topological polar surface area (TPSA) is 87.2 Å². The number of likely N-dealkylation sites (N-methyl/N-ethyl adjacent to an activating group) is 1. The predicted molar refractivity (Wildman–Crippen MR) is 137 cm³/mol. The van der Waals surface area contributed by atoms with Crippen molar-refractivity contribution in [2.45, 2.75) is 44.7 Å². The fourth-order valence-electron chi connectivity index (χ4n) is 3.99. The van der Waals surface area contributed by atoms with Crippen molar-refractivity contribution in [3.63, 3.8) is 0 Å². The molecule has 0 saturated carbocycles. The maximum absolute atomic E-state index is 13.1. The minimum Gasteiger partial charge on any atom is -0.497 e. The number of ketones is 1. The van der Waals surface area contributed by atoms with E-state index in [2.05, 4.69) is 11.0 Å². The molecule has 1 amide bonds. The molecule has 0 saturated heterocycles. The van der Waals surface area contributed by atoms with Crippen LogP contribution in [0, 0.1) is 13.8 Å². The van der Waals surface area contributed by atoms with Gasteiger partial charge in [0.2, 0.25) is 15.9 Å². The van der Waals surface area contributed by atoms with Crippen LogP contribution < -0.4 is 4.74 Å². The molecule has 0 aliphatic carbocycles. The summed E-state index contributed by atoms with van der Waals surface area (Å²) in [6.07, 6.45) is 0.00544. The zero-order valence-electron chi connectivity index (χ0n) is 21.8. The van der Waals surface area contributed by atoms with Crippen molar-refractivity contribution in [3.8, 4) is 5.75 Å². The monoisotopic (exact) mass is 503 g/mol. The van der Waals surface area contributed by atoms with Gasteiger partial charge < -0.3 is 14.5 Å². The van der Waals surface area contributed by atoms with E-state index in [-0.39, 0.29) is 36.0 Å². The Labute approximate surface area is 209 Å². The molecular formula is C26H37N3O5S. The van der Waals surface area contributed by atoms with Crippen LogP contribution in [0.15, 0.2) is 41.3 Å². The van der Waals surface area contributed by atoms with Gasteiger partial charge in [-0.1, -0.05) is 24.3 Å². The quantitative estimate of drug-likeness (QED) is 0.443. The molecule has 0 aromatic heterocycles. The highest BCUT2D eigenvalue weighted by molar-refractivity contribution is 7.89. The van der Waals surface area contributed by atoms with E-state index < -0.39 is 10.0 Å². The van der Waals surface area contributed by atoms with E-state index in [4.69, 9.17) is 4.74 Å². The number of hydrogen-bond acceptors (Lipinski definition) is 6. The van der Waals surface area contributed by atoms with Crippen LogP contribution in [-0.4, -0.2) is 76.1 Å². The number of carbonyl (C=O) groups is 2. The standard InChI is InChI=1S/C26H37N3O5S/c1-19-13-24(34-7)14-20(2)26(19)35(32,33)29(6)18-23(30)11-12-25(31)28(5)17-22-10-8-9-21(15-22)16-27(3)4/h8-10,13-15H,11-12,16-18H2,1-7H3. The molecule has 2 rings (SSSR count). The number of rotatable bonds is 12. The summed E-state index contributed by atoms with van der Waals surface area (Å²) in [6, 6.07) is 11.4. The summed E-state index contributed by atoms with van der Waals surface area (Å²) >= 11 is 0. The molecule has 35 heavy (non-hydrogen) atoms. The molecule has 0 aliphatic rings. The normalized spacial score (nSPS) is 11.7. The fraction of sp³-hybridized carbons (Fsp3) is 0.462. The van der Waals surface area contributed by atoms with Crippen LogP contribution in [0.3, 0.4) is 0 Å². The van der Waals surface area contributed by atoms with Crippen molar-refractivity contribution < 1.29 is 22.7 Å². The molecule has 2 aromatic rings. The lowest BCUT2D eigenvalue weighted by molar-refractivity contribution is -0.132. The number of nitrogens with zero attached hydrogens (tertiary/aromatic N) is 3. The average molecular weight is 504 g/mol. The second-order valence-electron chi connectivity index (χ2n) is 9.20. The predicted octanol–water partition coefficient (Wildman–Crippen LogP) is 3.00. The lowest BCUT2D eigenvalue weighted by atomic mass is 10.1. The van der Waals surface area contributed by atoms with Crippen LogP contribution in [0.1, 0.15) is 35.1 Å². The van der Waals surface area contributed by atoms with Gasteiger partial charge in [-0.05, 0) is 62.3 Å². The molecule has 0 radical (unpaired) electrons. The van der Waals surface area contributed by atoms with Crippen molar-refractivity contribution >= 4 is 21.7 Å². The number of methoxy groups -OCH3 is 1. The highest BCUT2D eigenvalue weighted by Gasteiger charge is 2.27. The van der Waals surface area contributed by atoms with Crippen LogP contribution in [0.2, 0.25) is 0 Å². The maximum atomic E-state index is 13.1. The Morgan fingerprint density at radius 1 is 0.886 bits per heavy atom. The van der Waals surface area contributed by atoms with Gasteiger partial charge >= 0.3 is 0 Å². The van der Waals surface area contributed by atoms with Crippen molar-refractivity contribution in [2.75, 3.05) is 41.8 Å². The minimum atomic E-state index is -3.87. The molecule has 0 N–H and O–H groups in total. The number of hydrogen-bond donors (Lipinski definition) is 0. The number of Topliss-reactive ketones (excluding diaryl/α,β-unsaturated/α-hetero) is 1. The summed E-state index contributed by atoms with van der Waals surface area (Å²) in [7, 11) is 4.74. The van der Waals surface area contributed by atoms with Gasteiger partial charge in [-0.2, -0.15) is 4.31 Å². The van der Waals surface area contributed by atoms with Crippen LogP contribution in [0.25, 0.3) is 0 Å². The molecule has 9 heteroatoms. The van der Waals surface area contributed by atoms with Crippen molar-refractivity contribution in [2.24, 2.45) is 0 Å². The van der Waals surface area contributed by atoms with Crippen LogP contribution in [-0.2, 0) is 32.7 Å². The van der Waals surface area contributed by atoms with E-state index in [9.17, 15) is 18.0 Å². The third kappa shape index (κ3) is 7.88. The number of sulfonamides is 1. The molecule has 2 aromatic carbocycles. The number of aryl methyl sites for hydroxylation is 2. The molecule has 0 spiro atoms. The summed E-state index contributed by atoms with van der Waals surface area (Å²) in [4.78, 5) is 29.0. The van der Waals surface area contributed by atoms with Gasteiger partial charge in [0.1, 0.15) is 11.5 Å². The molecular weight excluding hydrogens is 466 g/mol. The van der Waals surface area contributed by atoms with Gasteiger partial charge in [-0.25, -0.2) is 8.42 Å². The molecule has 0 atom stereocenters. The first-order valence-electron chi connectivity index (χ1n) is 11.4. The van der Waals surface area contributed by atoms with Gasteiger partial charge in [0.05, 0.1) is 18.6 Å². The van der Waals surface area contributed by atoms with E-state index in [1.54, 1.807) is 37.9 Å². The SMILES string of the molecule is COc1cc(C)c(S(=O)(=O)N(C)CC(=O)CCC(=O)N(C)Cc2cccc(CN(C)C)c2)c(C)c1. The van der Waals surface area contributed by atoms with E-state index >= 15 is 0 Å². The first-order valence-corrected chi connectivity index (χ1v) is 12.9. The largest absolute Gasteiger partial charge is 0.497 e. The maximum Gasteiger partial charge on any atom is 0.243 e. The number of carbonyl (C=O) groups excluding carboxylic acids is 2. The smallest absolute Gasteiger partial charge is 0.243 e. The zero-order valence-corrected chi connectivity index (χ0v) is 22.6. The Morgan fingerprint density at radius 2 is 1.46 bits per heavy atom. The summed E-state index contributed by atoms with van der Waals surface area (Å²) in [5, 5.41) is 0. The van der Waals surface area contributed by atoms with Gasteiger partial charge in [0.15, 0.2) is 0 Å². The Kier molecular flexibility index (Phi) is 10.00. The molecule has 192 valence electrons. The second-order valence-corrected chi connectivity index (χ2v) is 11.2. The van der Waals surface area contributed by atoms with Gasteiger partial charge in [-0.15, -0.1) is 0 Å². The highest BCUT2D eigenvalue weighted by atomic mass is 32.2. The van der Waals surface area contributed by atoms with E-state index in [0.29, 0.717) is 23.4 Å². The molecule has 0 aliphatic heterocycles. The molecule has 0 heterocycles. The number of amides is 1. The highest BCUT2D eigenvalue weighted by Crippen LogP contribution is 2.27. The average Bonchev–Trinajstić information content (AvgIpc) is 2.76. The van der Waals surface area contributed by atoms with Gasteiger partial charge in [0.25, 0.3) is 0 Å². The van der Waals surface area contributed by atoms with E-state index in [1.807, 2.05) is 32.3 Å². The first kappa shape index (κ1) is 28.5. The lowest BCUT2D eigenvalue weighted by Gasteiger charge is -2.21.